The van der Waals surface area contributed by atoms with Crippen LogP contribution in [0.2, 0.25) is 0 Å². The summed E-state index contributed by atoms with van der Waals surface area (Å²) in [5, 5.41) is 0. The maximum atomic E-state index is 13.3. The van der Waals surface area contributed by atoms with Crippen LogP contribution in [-0.4, -0.2) is 17.5 Å². The molecule has 3 heteroatoms. The minimum Gasteiger partial charge on any atom is -0.296 e. The molecule has 0 saturated carbocycles. The SMILES string of the molecule is CC1CCC(C)N(Cc2cc(F)cc(Br)c2)C1. The normalized spacial score (nSPS) is 26.1. The van der Waals surface area contributed by atoms with Crippen LogP contribution in [0.25, 0.3) is 0 Å². The van der Waals surface area contributed by atoms with Crippen molar-refractivity contribution in [1.29, 1.82) is 0 Å². The molecule has 94 valence electrons. The predicted octanol–water partition coefficient (Wildman–Crippen LogP) is 4.21. The van der Waals surface area contributed by atoms with Crippen molar-refractivity contribution in [3.05, 3.63) is 34.1 Å². The van der Waals surface area contributed by atoms with Gasteiger partial charge in [0.2, 0.25) is 0 Å². The highest BCUT2D eigenvalue weighted by Gasteiger charge is 2.22. The van der Waals surface area contributed by atoms with Crippen LogP contribution in [0.1, 0.15) is 32.3 Å². The fourth-order valence-electron chi connectivity index (χ4n) is 2.54. The van der Waals surface area contributed by atoms with Crippen molar-refractivity contribution in [2.75, 3.05) is 6.54 Å². The van der Waals surface area contributed by atoms with Gasteiger partial charge in [0.25, 0.3) is 0 Å². The van der Waals surface area contributed by atoms with Gasteiger partial charge >= 0.3 is 0 Å². The molecular weight excluding hydrogens is 281 g/mol. The zero-order valence-corrected chi connectivity index (χ0v) is 12.0. The van der Waals surface area contributed by atoms with Crippen LogP contribution in [0.15, 0.2) is 22.7 Å². The summed E-state index contributed by atoms with van der Waals surface area (Å²) in [6.07, 6.45) is 2.56. The van der Waals surface area contributed by atoms with Crippen LogP contribution in [0.5, 0.6) is 0 Å². The number of rotatable bonds is 2. The van der Waals surface area contributed by atoms with E-state index in [0.29, 0.717) is 6.04 Å². The minimum absolute atomic E-state index is 0.160. The molecule has 1 aliphatic heterocycles. The third-order valence-electron chi connectivity index (χ3n) is 3.55. The van der Waals surface area contributed by atoms with Crippen LogP contribution >= 0.6 is 15.9 Å². The Balaban J connectivity index is 2.08. The summed E-state index contributed by atoms with van der Waals surface area (Å²) in [5.74, 6) is 0.593. The van der Waals surface area contributed by atoms with Gasteiger partial charge in [-0.2, -0.15) is 0 Å². The van der Waals surface area contributed by atoms with Crippen molar-refractivity contribution in [3.8, 4) is 0 Å². The van der Waals surface area contributed by atoms with Crippen molar-refractivity contribution < 1.29 is 4.39 Å². The number of benzene rings is 1. The number of likely N-dealkylation sites (tertiary alicyclic amines) is 1. The fraction of sp³-hybridized carbons (Fsp3) is 0.571. The van der Waals surface area contributed by atoms with Gasteiger partial charge in [-0.3, -0.25) is 4.90 Å². The molecule has 17 heavy (non-hydrogen) atoms. The molecule has 0 bridgehead atoms. The van der Waals surface area contributed by atoms with E-state index in [0.717, 1.165) is 29.0 Å². The summed E-state index contributed by atoms with van der Waals surface area (Å²) in [5.41, 5.74) is 1.05. The van der Waals surface area contributed by atoms with Crippen LogP contribution in [-0.2, 0) is 6.54 Å². The van der Waals surface area contributed by atoms with Gasteiger partial charge in [-0.15, -0.1) is 0 Å². The maximum Gasteiger partial charge on any atom is 0.124 e. The summed E-state index contributed by atoms with van der Waals surface area (Å²) in [6, 6.07) is 5.76. The lowest BCUT2D eigenvalue weighted by molar-refractivity contribution is 0.117. The van der Waals surface area contributed by atoms with Crippen LogP contribution in [0, 0.1) is 11.7 Å². The monoisotopic (exact) mass is 299 g/mol. The van der Waals surface area contributed by atoms with E-state index in [9.17, 15) is 4.39 Å². The highest BCUT2D eigenvalue weighted by atomic mass is 79.9. The van der Waals surface area contributed by atoms with Gasteiger partial charge in [0, 0.05) is 23.6 Å². The largest absolute Gasteiger partial charge is 0.296 e. The Hall–Kier alpha value is -0.410. The van der Waals surface area contributed by atoms with Crippen LogP contribution in [0.4, 0.5) is 4.39 Å². The Labute approximate surface area is 111 Å². The summed E-state index contributed by atoms with van der Waals surface area (Å²) in [6.45, 7) is 6.53. The van der Waals surface area contributed by atoms with Crippen LogP contribution < -0.4 is 0 Å². The fourth-order valence-corrected chi connectivity index (χ4v) is 3.05. The molecule has 2 atom stereocenters. The quantitative estimate of drug-likeness (QED) is 0.791. The zero-order chi connectivity index (χ0) is 12.4. The van der Waals surface area contributed by atoms with Gasteiger partial charge in [0.15, 0.2) is 0 Å². The molecule has 1 heterocycles. The third kappa shape index (κ3) is 3.52. The Bertz CT molecular complexity index is 374. The number of nitrogens with zero attached hydrogens (tertiary/aromatic N) is 1. The highest BCUT2D eigenvalue weighted by molar-refractivity contribution is 9.10. The summed E-state index contributed by atoms with van der Waals surface area (Å²) in [7, 11) is 0. The Morgan fingerprint density at radius 1 is 1.29 bits per heavy atom. The van der Waals surface area contributed by atoms with Gasteiger partial charge in [-0.25, -0.2) is 4.39 Å². The molecule has 0 radical (unpaired) electrons. The van der Waals surface area contributed by atoms with Gasteiger partial charge in [-0.05, 0) is 49.4 Å². The first-order chi connectivity index (χ1) is 8.04. The molecule has 0 amide bonds. The second-order valence-electron chi connectivity index (χ2n) is 5.24. The third-order valence-corrected chi connectivity index (χ3v) is 4.01. The van der Waals surface area contributed by atoms with E-state index in [-0.39, 0.29) is 5.82 Å². The van der Waals surface area contributed by atoms with E-state index in [2.05, 4.69) is 34.7 Å². The molecule has 1 aromatic carbocycles. The zero-order valence-electron chi connectivity index (χ0n) is 10.4. The average molecular weight is 300 g/mol. The molecule has 0 spiro atoms. The molecule has 1 aromatic rings. The number of halogens is 2. The standard InChI is InChI=1S/C14H19BrFN/c1-10-3-4-11(2)17(8-10)9-12-5-13(15)7-14(16)6-12/h5-7,10-11H,3-4,8-9H2,1-2H3. The molecule has 1 nitrogen and oxygen atoms in total. The molecule has 2 unspecified atom stereocenters. The topological polar surface area (TPSA) is 3.24 Å². The van der Waals surface area contributed by atoms with E-state index in [1.807, 2.05) is 6.07 Å². The van der Waals surface area contributed by atoms with Crippen LogP contribution in [0.3, 0.4) is 0 Å². The van der Waals surface area contributed by atoms with Crippen molar-refractivity contribution in [3.63, 3.8) is 0 Å². The van der Waals surface area contributed by atoms with Crippen molar-refractivity contribution in [2.45, 2.75) is 39.3 Å². The average Bonchev–Trinajstić information content (AvgIpc) is 2.22. The lowest BCUT2D eigenvalue weighted by atomic mass is 9.94. The van der Waals surface area contributed by atoms with E-state index < -0.39 is 0 Å². The molecule has 1 aliphatic rings. The number of hydrogen-bond donors (Lipinski definition) is 0. The van der Waals surface area contributed by atoms with Gasteiger partial charge in [-0.1, -0.05) is 22.9 Å². The van der Waals surface area contributed by atoms with E-state index in [1.165, 1.54) is 18.9 Å². The Kier molecular flexibility index (Phi) is 4.21. The van der Waals surface area contributed by atoms with Gasteiger partial charge in [0.1, 0.15) is 5.82 Å². The summed E-state index contributed by atoms with van der Waals surface area (Å²) < 4.78 is 14.1. The van der Waals surface area contributed by atoms with Crippen molar-refractivity contribution in [1.82, 2.24) is 4.90 Å². The molecular formula is C14H19BrFN. The summed E-state index contributed by atoms with van der Waals surface area (Å²) in [4.78, 5) is 2.45. The van der Waals surface area contributed by atoms with Crippen molar-refractivity contribution >= 4 is 15.9 Å². The van der Waals surface area contributed by atoms with E-state index in [4.69, 9.17) is 0 Å². The Morgan fingerprint density at radius 2 is 2.06 bits per heavy atom. The van der Waals surface area contributed by atoms with Crippen molar-refractivity contribution in [2.24, 2.45) is 5.92 Å². The molecule has 0 N–H and O–H groups in total. The molecule has 0 aliphatic carbocycles. The number of piperidine rings is 1. The highest BCUT2D eigenvalue weighted by Crippen LogP contribution is 2.24. The Morgan fingerprint density at radius 3 is 2.76 bits per heavy atom. The second-order valence-corrected chi connectivity index (χ2v) is 6.15. The molecule has 0 aromatic heterocycles. The first kappa shape index (κ1) is 13.0. The minimum atomic E-state index is -0.160. The summed E-state index contributed by atoms with van der Waals surface area (Å²) >= 11 is 3.35. The number of hydrogen-bond acceptors (Lipinski definition) is 1. The lowest BCUT2D eigenvalue weighted by Crippen LogP contribution is -2.40. The lowest BCUT2D eigenvalue weighted by Gasteiger charge is -2.36. The van der Waals surface area contributed by atoms with E-state index >= 15 is 0 Å². The molecule has 2 rings (SSSR count). The smallest absolute Gasteiger partial charge is 0.124 e. The van der Waals surface area contributed by atoms with E-state index in [1.54, 1.807) is 6.07 Å². The second kappa shape index (κ2) is 5.49. The van der Waals surface area contributed by atoms with Gasteiger partial charge in [0.05, 0.1) is 0 Å². The molecule has 1 fully saturated rings. The molecule has 1 saturated heterocycles. The first-order valence-corrected chi connectivity index (χ1v) is 7.03. The maximum absolute atomic E-state index is 13.3. The van der Waals surface area contributed by atoms with Gasteiger partial charge < -0.3 is 0 Å². The first-order valence-electron chi connectivity index (χ1n) is 6.23. The predicted molar refractivity (Wildman–Crippen MR) is 72.4 cm³/mol.